The molecule has 0 bridgehead atoms. The Morgan fingerprint density at radius 2 is 1.70 bits per heavy atom. The van der Waals surface area contributed by atoms with Gasteiger partial charge in [-0.2, -0.15) is 0 Å². The highest BCUT2D eigenvalue weighted by atomic mass is 32.1. The van der Waals surface area contributed by atoms with Crippen molar-refractivity contribution in [3.8, 4) is 0 Å². The zero-order chi connectivity index (χ0) is 15.6. The van der Waals surface area contributed by atoms with Crippen LogP contribution < -0.4 is 10.6 Å². The molecule has 3 heteroatoms. The minimum Gasteiger partial charge on any atom is -0.347 e. The Morgan fingerprint density at radius 3 is 2.57 bits per heavy atom. The van der Waals surface area contributed by atoms with E-state index in [9.17, 15) is 0 Å². The lowest BCUT2D eigenvalue weighted by Gasteiger charge is -2.26. The summed E-state index contributed by atoms with van der Waals surface area (Å²) in [6.07, 6.45) is 3.18. The van der Waals surface area contributed by atoms with E-state index >= 15 is 0 Å². The first-order valence-corrected chi connectivity index (χ1v) is 8.38. The predicted molar refractivity (Wildman–Crippen MR) is 98.8 cm³/mol. The molecule has 1 atom stereocenters. The number of benzene rings is 3. The highest BCUT2D eigenvalue weighted by Crippen LogP contribution is 2.13. The van der Waals surface area contributed by atoms with Crippen LogP contribution in [0.3, 0.4) is 0 Å². The highest BCUT2D eigenvalue weighted by molar-refractivity contribution is 7.80. The number of thiol groups is 1. The molecule has 4 rings (SSSR count). The van der Waals surface area contributed by atoms with Crippen molar-refractivity contribution in [3.05, 3.63) is 82.9 Å². The summed E-state index contributed by atoms with van der Waals surface area (Å²) in [5.41, 5.74) is 1.21. The molecule has 2 nitrogen and oxygen atoms in total. The fourth-order valence-electron chi connectivity index (χ4n) is 3.04. The second-order valence-corrected chi connectivity index (χ2v) is 6.26. The third kappa shape index (κ3) is 2.84. The highest BCUT2D eigenvalue weighted by Gasteiger charge is 2.14. The van der Waals surface area contributed by atoms with Crippen LogP contribution in [0.15, 0.2) is 71.7 Å². The summed E-state index contributed by atoms with van der Waals surface area (Å²) in [5, 5.41) is 4.64. The predicted octanol–water partition coefficient (Wildman–Crippen LogP) is 2.97. The van der Waals surface area contributed by atoms with Gasteiger partial charge in [0.25, 0.3) is 0 Å². The molecule has 1 unspecified atom stereocenters. The Labute approximate surface area is 141 Å². The van der Waals surface area contributed by atoms with E-state index in [2.05, 4.69) is 90.5 Å². The van der Waals surface area contributed by atoms with Crippen molar-refractivity contribution in [1.29, 1.82) is 0 Å². The van der Waals surface area contributed by atoms with E-state index in [1.165, 1.54) is 21.6 Å². The Kier molecular flexibility index (Phi) is 3.80. The molecule has 3 aromatic rings. The maximum Gasteiger partial charge on any atom is 0.166 e. The van der Waals surface area contributed by atoms with Crippen LogP contribution >= 0.6 is 12.6 Å². The average molecular weight is 318 g/mol. The largest absolute Gasteiger partial charge is 0.347 e. The van der Waals surface area contributed by atoms with E-state index in [4.69, 9.17) is 4.99 Å². The van der Waals surface area contributed by atoms with Gasteiger partial charge in [0.2, 0.25) is 0 Å². The van der Waals surface area contributed by atoms with Gasteiger partial charge in [-0.25, -0.2) is 4.99 Å². The number of hydrogen-bond acceptors (Lipinski definition) is 3. The molecule has 1 aliphatic rings. The van der Waals surface area contributed by atoms with E-state index < -0.39 is 0 Å². The summed E-state index contributed by atoms with van der Waals surface area (Å²) in [6.45, 7) is 0.911. The topological polar surface area (TPSA) is 15.6 Å². The van der Waals surface area contributed by atoms with Gasteiger partial charge in [-0.05, 0) is 17.4 Å². The molecule has 0 radical (unpaired) electrons. The molecular formula is C20H18N2S. The van der Waals surface area contributed by atoms with E-state index in [0.717, 1.165) is 18.3 Å². The number of rotatable bonds is 3. The van der Waals surface area contributed by atoms with Gasteiger partial charge in [0.05, 0.1) is 5.36 Å². The van der Waals surface area contributed by atoms with Gasteiger partial charge in [-0.3, -0.25) is 0 Å². The zero-order valence-electron chi connectivity index (χ0n) is 12.8. The van der Waals surface area contributed by atoms with Gasteiger partial charge in [-0.1, -0.05) is 66.7 Å². The summed E-state index contributed by atoms with van der Waals surface area (Å²) >= 11 is 4.68. The smallest absolute Gasteiger partial charge is 0.166 e. The summed E-state index contributed by atoms with van der Waals surface area (Å²) in [6, 6.07) is 23.2. The molecule has 23 heavy (non-hydrogen) atoms. The van der Waals surface area contributed by atoms with Crippen molar-refractivity contribution in [2.24, 2.45) is 4.99 Å². The summed E-state index contributed by atoms with van der Waals surface area (Å²) in [4.78, 5) is 7.03. The maximum atomic E-state index is 4.83. The first kappa shape index (κ1) is 14.3. The summed E-state index contributed by atoms with van der Waals surface area (Å²) in [5.74, 6) is 0. The third-order valence-corrected chi connectivity index (χ3v) is 4.69. The fourth-order valence-corrected chi connectivity index (χ4v) is 3.34. The Hall–Kier alpha value is -2.26. The van der Waals surface area contributed by atoms with Crippen molar-refractivity contribution in [2.75, 3.05) is 6.54 Å². The number of nitrogens with zero attached hydrogens (tertiary/aromatic N) is 2. The number of hydrogen-bond donors (Lipinski definition) is 1. The van der Waals surface area contributed by atoms with Crippen molar-refractivity contribution in [2.45, 2.75) is 11.9 Å². The lowest BCUT2D eigenvalue weighted by molar-refractivity contribution is 0.390. The lowest BCUT2D eigenvalue weighted by atomic mass is 10.1. The van der Waals surface area contributed by atoms with Crippen LogP contribution in [0.4, 0.5) is 0 Å². The zero-order valence-corrected chi connectivity index (χ0v) is 13.7. The summed E-state index contributed by atoms with van der Waals surface area (Å²) in [7, 11) is 0. The van der Waals surface area contributed by atoms with Crippen molar-refractivity contribution in [3.63, 3.8) is 0 Å². The van der Waals surface area contributed by atoms with Crippen LogP contribution in [-0.4, -0.2) is 16.9 Å². The molecule has 0 aliphatic carbocycles. The second-order valence-electron chi connectivity index (χ2n) is 5.80. The third-order valence-electron chi connectivity index (χ3n) is 4.28. The average Bonchev–Trinajstić information content (AvgIpc) is 2.61. The number of fused-ring (bicyclic) bond motifs is 3. The Balaban J connectivity index is 1.68. The van der Waals surface area contributed by atoms with Gasteiger partial charge in [0.1, 0.15) is 0 Å². The molecule has 3 aromatic carbocycles. The fraction of sp³-hybridized carbons (Fsp3) is 0.150. The van der Waals surface area contributed by atoms with E-state index in [-0.39, 0.29) is 5.50 Å². The van der Waals surface area contributed by atoms with E-state index in [1.807, 2.05) is 0 Å². The van der Waals surface area contributed by atoms with Crippen molar-refractivity contribution >= 4 is 29.6 Å². The first-order chi connectivity index (χ1) is 11.3. The maximum absolute atomic E-state index is 4.83. The van der Waals surface area contributed by atoms with Crippen LogP contribution in [0.5, 0.6) is 0 Å². The van der Waals surface area contributed by atoms with Gasteiger partial charge < -0.3 is 4.90 Å². The molecule has 0 spiro atoms. The molecular weight excluding hydrogens is 300 g/mol. The molecule has 0 aromatic heterocycles. The van der Waals surface area contributed by atoms with Gasteiger partial charge in [0.15, 0.2) is 5.50 Å². The van der Waals surface area contributed by atoms with Crippen LogP contribution in [0.1, 0.15) is 5.56 Å². The minimum atomic E-state index is -0.128. The van der Waals surface area contributed by atoms with Crippen LogP contribution in [0, 0.1) is 0 Å². The summed E-state index contributed by atoms with van der Waals surface area (Å²) < 4.78 is 0. The van der Waals surface area contributed by atoms with Gasteiger partial charge >= 0.3 is 0 Å². The van der Waals surface area contributed by atoms with Crippen molar-refractivity contribution < 1.29 is 0 Å². The molecule has 1 aliphatic heterocycles. The van der Waals surface area contributed by atoms with Gasteiger partial charge in [0, 0.05) is 23.3 Å². The van der Waals surface area contributed by atoms with E-state index in [0.29, 0.717) is 0 Å². The molecule has 0 saturated heterocycles. The molecule has 1 heterocycles. The minimum absolute atomic E-state index is 0.128. The molecule has 0 amide bonds. The Bertz CT molecular complexity index is 950. The van der Waals surface area contributed by atoms with Gasteiger partial charge in [-0.15, -0.1) is 12.6 Å². The normalized spacial score (nSPS) is 16.6. The molecule has 114 valence electrons. The monoisotopic (exact) mass is 318 g/mol. The van der Waals surface area contributed by atoms with Crippen LogP contribution in [0.2, 0.25) is 0 Å². The molecule has 0 N–H and O–H groups in total. The van der Waals surface area contributed by atoms with E-state index in [1.54, 1.807) is 0 Å². The molecule has 0 saturated carbocycles. The quantitative estimate of drug-likeness (QED) is 0.734. The standard InChI is InChI=1S/C20H18N2S/c23-20-21-19-17(11-10-16-8-4-5-9-18(16)19)14-22(20)13-12-15-6-2-1-3-7-15/h1-11,14,20,23H,12-13H2. The molecule has 0 fully saturated rings. The SMILES string of the molecule is SC1N=c2c(ccc3ccccc23)=CN1CCc1ccccc1. The first-order valence-electron chi connectivity index (χ1n) is 7.86. The second kappa shape index (κ2) is 6.09. The van der Waals surface area contributed by atoms with Crippen molar-refractivity contribution in [1.82, 2.24) is 4.90 Å². The Morgan fingerprint density at radius 1 is 0.913 bits per heavy atom. The lowest BCUT2D eigenvalue weighted by Crippen LogP contribution is -2.40. The van der Waals surface area contributed by atoms with Crippen LogP contribution in [-0.2, 0) is 6.42 Å². The van der Waals surface area contributed by atoms with Crippen LogP contribution in [0.25, 0.3) is 17.0 Å².